The lowest BCUT2D eigenvalue weighted by Crippen LogP contribution is -2.30. The van der Waals surface area contributed by atoms with E-state index in [1.165, 1.54) is 25.1 Å². The lowest BCUT2D eigenvalue weighted by molar-refractivity contribution is -0.148. The van der Waals surface area contributed by atoms with Crippen molar-refractivity contribution in [3.63, 3.8) is 0 Å². The van der Waals surface area contributed by atoms with Crippen LogP contribution < -0.4 is 5.32 Å². The summed E-state index contributed by atoms with van der Waals surface area (Å²) in [5, 5.41) is 2.76. The number of carbonyl (C=O) groups is 2. The number of aryl methyl sites for hydroxylation is 3. The van der Waals surface area contributed by atoms with Gasteiger partial charge in [0.2, 0.25) is 0 Å². The molecule has 4 nitrogen and oxygen atoms in total. The van der Waals surface area contributed by atoms with Crippen LogP contribution in [0.5, 0.6) is 0 Å². The second-order valence-corrected chi connectivity index (χ2v) is 6.80. The zero-order chi connectivity index (χ0) is 21.8. The van der Waals surface area contributed by atoms with Crippen LogP contribution in [0.1, 0.15) is 34.7 Å². The second kappa shape index (κ2) is 8.94. The fraction of sp³-hybridized carbons (Fsp3) is 0.273. The Morgan fingerprint density at radius 1 is 1.03 bits per heavy atom. The molecule has 0 aliphatic rings. The number of ether oxygens (including phenoxy) is 1. The standard InChI is InChI=1S/C22H22F3NO3/c1-13-11-14(2)20(15(3)12-13)26-21(28)16(4)29-19(27)10-7-17-5-8-18(9-6-17)22(23,24)25/h5-12,16H,1-4H3,(H,26,28)/b10-7+/t16-/m1/s1. The molecule has 2 aromatic rings. The maximum atomic E-state index is 12.5. The number of benzene rings is 2. The topological polar surface area (TPSA) is 55.4 Å². The first kappa shape index (κ1) is 22.2. The Labute approximate surface area is 167 Å². The van der Waals surface area contributed by atoms with E-state index in [4.69, 9.17) is 4.74 Å². The van der Waals surface area contributed by atoms with Crippen LogP contribution in [0.15, 0.2) is 42.5 Å². The van der Waals surface area contributed by atoms with E-state index < -0.39 is 29.7 Å². The van der Waals surface area contributed by atoms with Crippen LogP contribution in [0.3, 0.4) is 0 Å². The largest absolute Gasteiger partial charge is 0.449 e. The average molecular weight is 405 g/mol. The molecular formula is C22H22F3NO3. The normalized spacial score (nSPS) is 12.7. The highest BCUT2D eigenvalue weighted by Crippen LogP contribution is 2.29. The van der Waals surface area contributed by atoms with Crippen LogP contribution >= 0.6 is 0 Å². The van der Waals surface area contributed by atoms with E-state index in [0.717, 1.165) is 34.9 Å². The van der Waals surface area contributed by atoms with Gasteiger partial charge < -0.3 is 10.1 Å². The Hall–Kier alpha value is -3.09. The smallest absolute Gasteiger partial charge is 0.416 e. The number of carbonyl (C=O) groups excluding carboxylic acids is 2. The Kier molecular flexibility index (Phi) is 6.84. The highest BCUT2D eigenvalue weighted by molar-refractivity contribution is 5.97. The molecule has 0 aliphatic carbocycles. The van der Waals surface area contributed by atoms with Gasteiger partial charge >= 0.3 is 12.1 Å². The molecule has 0 saturated carbocycles. The van der Waals surface area contributed by atoms with Gasteiger partial charge in [0.1, 0.15) is 0 Å². The first-order chi connectivity index (χ1) is 13.5. The molecule has 2 rings (SSSR count). The molecule has 29 heavy (non-hydrogen) atoms. The van der Waals surface area contributed by atoms with Gasteiger partial charge in [0.05, 0.1) is 5.56 Å². The van der Waals surface area contributed by atoms with Gasteiger partial charge in [-0.3, -0.25) is 4.79 Å². The van der Waals surface area contributed by atoms with Crippen molar-refractivity contribution in [2.24, 2.45) is 0 Å². The second-order valence-electron chi connectivity index (χ2n) is 6.80. The molecule has 7 heteroatoms. The summed E-state index contributed by atoms with van der Waals surface area (Å²) in [7, 11) is 0. The zero-order valence-corrected chi connectivity index (χ0v) is 16.6. The summed E-state index contributed by atoms with van der Waals surface area (Å²) in [5.41, 5.74) is 3.17. The number of halogens is 3. The number of amides is 1. The third-order valence-electron chi connectivity index (χ3n) is 4.24. The van der Waals surface area contributed by atoms with Crippen LogP contribution in [0.4, 0.5) is 18.9 Å². The number of anilines is 1. The minimum absolute atomic E-state index is 0.401. The van der Waals surface area contributed by atoms with Gasteiger partial charge in [0.15, 0.2) is 6.10 Å². The van der Waals surface area contributed by atoms with Crippen molar-refractivity contribution < 1.29 is 27.5 Å². The molecule has 0 aromatic heterocycles. The van der Waals surface area contributed by atoms with Crippen molar-refractivity contribution in [2.45, 2.75) is 40.0 Å². The molecular weight excluding hydrogens is 383 g/mol. The van der Waals surface area contributed by atoms with Crippen LogP contribution in [0.2, 0.25) is 0 Å². The van der Waals surface area contributed by atoms with Crippen LogP contribution in [0, 0.1) is 20.8 Å². The molecule has 2 aromatic carbocycles. The number of esters is 1. The van der Waals surface area contributed by atoms with Gasteiger partial charge in [-0.15, -0.1) is 0 Å². The van der Waals surface area contributed by atoms with Gasteiger partial charge in [0, 0.05) is 11.8 Å². The zero-order valence-electron chi connectivity index (χ0n) is 16.6. The summed E-state index contributed by atoms with van der Waals surface area (Å²) in [6.07, 6.45) is -3.08. The van der Waals surface area contributed by atoms with Crippen molar-refractivity contribution in [1.82, 2.24) is 0 Å². The van der Waals surface area contributed by atoms with E-state index in [1.807, 2.05) is 32.9 Å². The third-order valence-corrected chi connectivity index (χ3v) is 4.24. The van der Waals surface area contributed by atoms with E-state index in [2.05, 4.69) is 5.32 Å². The Bertz CT molecular complexity index is 908. The summed E-state index contributed by atoms with van der Waals surface area (Å²) in [6.45, 7) is 7.15. The molecule has 0 fully saturated rings. The number of alkyl halides is 3. The lowest BCUT2D eigenvalue weighted by Gasteiger charge is -2.16. The molecule has 0 heterocycles. The fourth-order valence-corrected chi connectivity index (χ4v) is 2.82. The molecule has 1 atom stereocenters. The van der Waals surface area contributed by atoms with Gasteiger partial charge in [-0.1, -0.05) is 29.8 Å². The van der Waals surface area contributed by atoms with E-state index >= 15 is 0 Å². The van der Waals surface area contributed by atoms with Crippen molar-refractivity contribution in [3.8, 4) is 0 Å². The molecule has 0 aliphatic heterocycles. The van der Waals surface area contributed by atoms with Crippen LogP contribution in [-0.2, 0) is 20.5 Å². The van der Waals surface area contributed by atoms with Crippen LogP contribution in [-0.4, -0.2) is 18.0 Å². The van der Waals surface area contributed by atoms with Crippen LogP contribution in [0.25, 0.3) is 6.08 Å². The average Bonchev–Trinajstić information content (AvgIpc) is 2.62. The Morgan fingerprint density at radius 3 is 2.10 bits per heavy atom. The SMILES string of the molecule is Cc1cc(C)c(NC(=O)[C@@H](C)OC(=O)/C=C/c2ccc(C(F)(F)F)cc2)c(C)c1. The van der Waals surface area contributed by atoms with E-state index in [1.54, 1.807) is 0 Å². The molecule has 154 valence electrons. The van der Waals surface area contributed by atoms with Crippen molar-refractivity contribution in [1.29, 1.82) is 0 Å². The number of hydrogen-bond donors (Lipinski definition) is 1. The van der Waals surface area contributed by atoms with E-state index in [9.17, 15) is 22.8 Å². The minimum Gasteiger partial charge on any atom is -0.449 e. The molecule has 0 saturated heterocycles. The third kappa shape index (κ3) is 6.20. The van der Waals surface area contributed by atoms with Gasteiger partial charge in [0.25, 0.3) is 5.91 Å². The summed E-state index contributed by atoms with van der Waals surface area (Å²) in [5.74, 6) is -1.25. The van der Waals surface area contributed by atoms with Crippen molar-refractivity contribution in [2.75, 3.05) is 5.32 Å². The number of nitrogens with one attached hydrogen (secondary N) is 1. The predicted molar refractivity (Wildman–Crippen MR) is 105 cm³/mol. The summed E-state index contributed by atoms with van der Waals surface area (Å²) in [4.78, 5) is 24.2. The first-order valence-corrected chi connectivity index (χ1v) is 8.92. The van der Waals surface area contributed by atoms with Gasteiger partial charge in [-0.2, -0.15) is 13.2 Å². The maximum absolute atomic E-state index is 12.5. The van der Waals surface area contributed by atoms with Gasteiger partial charge in [-0.05, 0) is 62.6 Å². The maximum Gasteiger partial charge on any atom is 0.416 e. The lowest BCUT2D eigenvalue weighted by atomic mass is 10.0. The molecule has 1 N–H and O–H groups in total. The molecule has 0 spiro atoms. The first-order valence-electron chi connectivity index (χ1n) is 8.92. The predicted octanol–water partition coefficient (Wildman–Crippen LogP) is 5.21. The molecule has 1 amide bonds. The number of hydrogen-bond acceptors (Lipinski definition) is 3. The highest BCUT2D eigenvalue weighted by Gasteiger charge is 2.29. The molecule has 0 radical (unpaired) electrons. The summed E-state index contributed by atoms with van der Waals surface area (Å²) < 4.78 is 42.7. The Morgan fingerprint density at radius 2 is 1.59 bits per heavy atom. The minimum atomic E-state index is -4.42. The Balaban J connectivity index is 1.96. The fourth-order valence-electron chi connectivity index (χ4n) is 2.82. The monoisotopic (exact) mass is 405 g/mol. The van der Waals surface area contributed by atoms with E-state index in [-0.39, 0.29) is 0 Å². The van der Waals surface area contributed by atoms with Crippen molar-refractivity contribution >= 4 is 23.6 Å². The summed E-state index contributed by atoms with van der Waals surface area (Å²) >= 11 is 0. The number of rotatable bonds is 5. The quantitative estimate of drug-likeness (QED) is 0.549. The molecule has 0 bridgehead atoms. The summed E-state index contributed by atoms with van der Waals surface area (Å²) in [6, 6.07) is 8.20. The van der Waals surface area contributed by atoms with Crippen molar-refractivity contribution in [3.05, 3.63) is 70.3 Å². The van der Waals surface area contributed by atoms with Gasteiger partial charge in [-0.25, -0.2) is 4.79 Å². The molecule has 0 unspecified atom stereocenters. The highest BCUT2D eigenvalue weighted by atomic mass is 19.4. The van der Waals surface area contributed by atoms with E-state index in [0.29, 0.717) is 11.3 Å².